The zero-order valence-corrected chi connectivity index (χ0v) is 14.8. The van der Waals surface area contributed by atoms with Gasteiger partial charge in [-0.15, -0.1) is 6.58 Å². The Morgan fingerprint density at radius 2 is 1.78 bits per heavy atom. The maximum Gasteiger partial charge on any atom is 0.153 e. The summed E-state index contributed by atoms with van der Waals surface area (Å²) < 4.78 is 13.0. The summed E-state index contributed by atoms with van der Waals surface area (Å²) in [7, 11) is 0. The Kier molecular flexibility index (Phi) is 6.63. The number of ether oxygens (including phenoxy) is 2. The fourth-order valence-electron chi connectivity index (χ4n) is 2.29. The highest BCUT2D eigenvalue weighted by atomic mass is 79.9. The Bertz CT molecular complexity index is 634. The second kappa shape index (κ2) is 8.70. The molecule has 3 heteroatoms. The van der Waals surface area contributed by atoms with E-state index in [0.717, 1.165) is 15.6 Å². The molecular formula is C20H21BrO2. The van der Waals surface area contributed by atoms with Gasteiger partial charge in [0.15, 0.2) is 6.10 Å². The molecule has 0 saturated heterocycles. The fourth-order valence-corrected chi connectivity index (χ4v) is 2.56. The van der Waals surface area contributed by atoms with Crippen LogP contribution in [0.5, 0.6) is 0 Å². The first-order chi connectivity index (χ1) is 11.2. The van der Waals surface area contributed by atoms with Gasteiger partial charge in [-0.2, -0.15) is 0 Å². The van der Waals surface area contributed by atoms with Crippen molar-refractivity contribution in [1.82, 2.24) is 0 Å². The van der Waals surface area contributed by atoms with Gasteiger partial charge in [0.2, 0.25) is 0 Å². The Hall–Kier alpha value is -1.84. The molecule has 2 unspecified atom stereocenters. The molecule has 0 aliphatic heterocycles. The van der Waals surface area contributed by atoms with E-state index in [1.165, 1.54) is 0 Å². The van der Waals surface area contributed by atoms with Crippen molar-refractivity contribution in [2.24, 2.45) is 0 Å². The van der Waals surface area contributed by atoms with Crippen LogP contribution in [0.15, 0.2) is 78.3 Å². The zero-order chi connectivity index (χ0) is 16.7. The van der Waals surface area contributed by atoms with Crippen LogP contribution >= 0.6 is 15.9 Å². The van der Waals surface area contributed by atoms with Crippen LogP contribution in [-0.2, 0) is 9.47 Å². The van der Waals surface area contributed by atoms with E-state index in [0.29, 0.717) is 12.4 Å². The molecule has 0 amide bonds. The quantitative estimate of drug-likeness (QED) is 0.432. The minimum absolute atomic E-state index is 0.248. The molecule has 2 rings (SSSR count). The SMILES string of the molecule is C=CC(OCC)C(OC(=C)c1ccccc1)c1ccc(Br)cc1. The van der Waals surface area contributed by atoms with Crippen molar-refractivity contribution in [2.45, 2.75) is 19.1 Å². The van der Waals surface area contributed by atoms with E-state index < -0.39 is 0 Å². The van der Waals surface area contributed by atoms with E-state index in [1.54, 1.807) is 6.08 Å². The first kappa shape index (κ1) is 17.5. The van der Waals surface area contributed by atoms with Crippen LogP contribution in [0, 0.1) is 0 Å². The Morgan fingerprint density at radius 3 is 2.35 bits per heavy atom. The summed E-state index contributed by atoms with van der Waals surface area (Å²) in [5.41, 5.74) is 1.97. The van der Waals surface area contributed by atoms with E-state index in [-0.39, 0.29) is 12.2 Å². The fraction of sp³-hybridized carbons (Fsp3) is 0.200. The van der Waals surface area contributed by atoms with Crippen LogP contribution in [0.2, 0.25) is 0 Å². The lowest BCUT2D eigenvalue weighted by Crippen LogP contribution is -2.22. The van der Waals surface area contributed by atoms with Gasteiger partial charge in [-0.1, -0.05) is 71.0 Å². The zero-order valence-electron chi connectivity index (χ0n) is 13.2. The molecule has 0 bridgehead atoms. The number of hydrogen-bond donors (Lipinski definition) is 0. The summed E-state index contributed by atoms with van der Waals surface area (Å²) in [6.07, 6.45) is 1.23. The number of benzene rings is 2. The van der Waals surface area contributed by atoms with Crippen molar-refractivity contribution in [3.05, 3.63) is 89.4 Å². The molecule has 0 saturated carbocycles. The first-order valence-corrected chi connectivity index (χ1v) is 8.35. The molecule has 2 aromatic rings. The van der Waals surface area contributed by atoms with Crippen molar-refractivity contribution < 1.29 is 9.47 Å². The van der Waals surface area contributed by atoms with Gasteiger partial charge >= 0.3 is 0 Å². The second-order valence-electron chi connectivity index (χ2n) is 5.03. The van der Waals surface area contributed by atoms with Crippen molar-refractivity contribution in [3.63, 3.8) is 0 Å². The van der Waals surface area contributed by atoms with Crippen LogP contribution in [0.3, 0.4) is 0 Å². The van der Waals surface area contributed by atoms with Gasteiger partial charge in [0.25, 0.3) is 0 Å². The van der Waals surface area contributed by atoms with Crippen molar-refractivity contribution >= 4 is 21.7 Å². The van der Waals surface area contributed by atoms with Gasteiger partial charge in [0.05, 0.1) is 0 Å². The highest BCUT2D eigenvalue weighted by Gasteiger charge is 2.24. The van der Waals surface area contributed by atoms with Gasteiger partial charge in [0.1, 0.15) is 11.9 Å². The molecule has 23 heavy (non-hydrogen) atoms. The van der Waals surface area contributed by atoms with E-state index >= 15 is 0 Å². The Morgan fingerprint density at radius 1 is 1.13 bits per heavy atom. The average Bonchev–Trinajstić information content (AvgIpc) is 2.59. The molecule has 0 radical (unpaired) electrons. The highest BCUT2D eigenvalue weighted by Crippen LogP contribution is 2.30. The summed E-state index contributed by atoms with van der Waals surface area (Å²) in [4.78, 5) is 0. The van der Waals surface area contributed by atoms with Gasteiger partial charge < -0.3 is 9.47 Å². The summed E-state index contributed by atoms with van der Waals surface area (Å²) in [6, 6.07) is 17.9. The van der Waals surface area contributed by atoms with Crippen LogP contribution in [0.25, 0.3) is 5.76 Å². The minimum atomic E-state index is -0.298. The van der Waals surface area contributed by atoms with Crippen LogP contribution in [0.4, 0.5) is 0 Å². The van der Waals surface area contributed by atoms with Crippen molar-refractivity contribution in [3.8, 4) is 0 Å². The molecule has 0 N–H and O–H groups in total. The third-order valence-electron chi connectivity index (χ3n) is 3.45. The maximum atomic E-state index is 6.16. The number of hydrogen-bond acceptors (Lipinski definition) is 2. The first-order valence-electron chi connectivity index (χ1n) is 7.56. The van der Waals surface area contributed by atoms with Gasteiger partial charge in [-0.05, 0) is 24.6 Å². The van der Waals surface area contributed by atoms with Crippen LogP contribution < -0.4 is 0 Å². The Balaban J connectivity index is 2.27. The highest BCUT2D eigenvalue weighted by molar-refractivity contribution is 9.10. The monoisotopic (exact) mass is 372 g/mol. The predicted octanol–water partition coefficient (Wildman–Crippen LogP) is 5.77. The van der Waals surface area contributed by atoms with E-state index in [4.69, 9.17) is 9.47 Å². The lowest BCUT2D eigenvalue weighted by atomic mass is 10.0. The topological polar surface area (TPSA) is 18.5 Å². The largest absolute Gasteiger partial charge is 0.483 e. The molecule has 0 aliphatic rings. The molecule has 0 aromatic heterocycles. The lowest BCUT2D eigenvalue weighted by Gasteiger charge is -2.27. The molecule has 0 spiro atoms. The van der Waals surface area contributed by atoms with Gasteiger partial charge in [-0.3, -0.25) is 0 Å². The summed E-state index contributed by atoms with van der Waals surface area (Å²) >= 11 is 3.46. The standard InChI is InChI=1S/C20H21BrO2/c1-4-19(22-5-2)20(17-11-13-18(21)14-12-17)23-15(3)16-9-7-6-8-10-16/h4,6-14,19-20H,1,3,5H2,2H3. The summed E-state index contributed by atoms with van der Waals surface area (Å²) in [5, 5.41) is 0. The summed E-state index contributed by atoms with van der Waals surface area (Å²) in [6.45, 7) is 10.5. The molecule has 2 aromatic carbocycles. The van der Waals surface area contributed by atoms with Crippen molar-refractivity contribution in [2.75, 3.05) is 6.61 Å². The third kappa shape index (κ3) is 4.81. The summed E-state index contributed by atoms with van der Waals surface area (Å²) in [5.74, 6) is 0.616. The average molecular weight is 373 g/mol. The molecule has 2 atom stereocenters. The number of halogens is 1. The van der Waals surface area contributed by atoms with Crippen LogP contribution in [-0.4, -0.2) is 12.7 Å². The smallest absolute Gasteiger partial charge is 0.153 e. The third-order valence-corrected chi connectivity index (χ3v) is 3.98. The van der Waals surface area contributed by atoms with E-state index in [9.17, 15) is 0 Å². The van der Waals surface area contributed by atoms with E-state index in [2.05, 4.69) is 29.1 Å². The molecule has 0 fully saturated rings. The van der Waals surface area contributed by atoms with Gasteiger partial charge in [0, 0.05) is 16.6 Å². The van der Waals surface area contributed by atoms with Crippen molar-refractivity contribution in [1.29, 1.82) is 0 Å². The Labute approximate surface area is 146 Å². The van der Waals surface area contributed by atoms with Gasteiger partial charge in [-0.25, -0.2) is 0 Å². The minimum Gasteiger partial charge on any atom is -0.483 e. The maximum absolute atomic E-state index is 6.16. The van der Waals surface area contributed by atoms with Crippen LogP contribution in [0.1, 0.15) is 24.2 Å². The second-order valence-corrected chi connectivity index (χ2v) is 5.95. The number of rotatable bonds is 8. The molecule has 0 aliphatic carbocycles. The molecule has 120 valence electrons. The molecular weight excluding hydrogens is 352 g/mol. The molecule has 2 nitrogen and oxygen atoms in total. The lowest BCUT2D eigenvalue weighted by molar-refractivity contribution is -0.00521. The molecule has 0 heterocycles. The van der Waals surface area contributed by atoms with E-state index in [1.807, 2.05) is 61.5 Å². The normalized spacial score (nSPS) is 13.1. The predicted molar refractivity (Wildman–Crippen MR) is 99.1 cm³/mol.